The highest BCUT2D eigenvalue weighted by Crippen LogP contribution is 2.39. The summed E-state index contributed by atoms with van der Waals surface area (Å²) in [5, 5.41) is 11.6. The molecule has 0 saturated heterocycles. The fraction of sp³-hybridized carbons (Fsp3) is 0.353. The maximum absolute atomic E-state index is 11.6. The number of hydrogen-bond donors (Lipinski definition) is 0. The molecule has 0 aromatic carbocycles. The number of carbonyl (C=O) groups is 1. The third kappa shape index (κ3) is 4.17. The molecule has 10 heteroatoms. The quantitative estimate of drug-likeness (QED) is 0.426. The fourth-order valence-electron chi connectivity index (χ4n) is 2.73. The van der Waals surface area contributed by atoms with Gasteiger partial charge in [0.1, 0.15) is 4.34 Å². The lowest BCUT2D eigenvalue weighted by Gasteiger charge is -2.13. The van der Waals surface area contributed by atoms with Crippen molar-refractivity contribution in [2.75, 3.05) is 18.1 Å². The van der Waals surface area contributed by atoms with E-state index in [1.54, 1.807) is 54.2 Å². The molecule has 0 spiro atoms. The van der Waals surface area contributed by atoms with Crippen molar-refractivity contribution in [3.8, 4) is 11.4 Å². The van der Waals surface area contributed by atoms with E-state index in [1.165, 1.54) is 0 Å². The highest BCUT2D eigenvalue weighted by atomic mass is 32.2. The molecule has 3 aromatic heterocycles. The number of esters is 1. The van der Waals surface area contributed by atoms with Crippen LogP contribution in [-0.4, -0.2) is 48.8 Å². The van der Waals surface area contributed by atoms with E-state index in [-0.39, 0.29) is 12.4 Å². The molecular formula is C17H17N5O2S3. The Morgan fingerprint density at radius 2 is 2.22 bits per heavy atom. The van der Waals surface area contributed by atoms with Gasteiger partial charge in [-0.05, 0) is 19.1 Å². The van der Waals surface area contributed by atoms with Crippen LogP contribution in [0.5, 0.6) is 0 Å². The van der Waals surface area contributed by atoms with Crippen LogP contribution in [0.25, 0.3) is 11.4 Å². The first kappa shape index (κ1) is 18.5. The summed E-state index contributed by atoms with van der Waals surface area (Å²) in [6.45, 7) is 2.20. The van der Waals surface area contributed by atoms with Crippen molar-refractivity contribution in [2.45, 2.75) is 28.9 Å². The first-order valence-corrected chi connectivity index (χ1v) is 11.3. The second kappa shape index (κ2) is 8.41. The summed E-state index contributed by atoms with van der Waals surface area (Å²) in [7, 11) is 0. The topological polar surface area (TPSA) is 82.8 Å². The molecule has 0 amide bonds. The first-order valence-electron chi connectivity index (χ1n) is 8.45. The Morgan fingerprint density at radius 1 is 1.37 bits per heavy atom. The molecule has 0 fully saturated rings. The molecule has 1 aliphatic heterocycles. The molecule has 1 aliphatic rings. The van der Waals surface area contributed by atoms with E-state index in [0.29, 0.717) is 12.6 Å². The van der Waals surface area contributed by atoms with Crippen molar-refractivity contribution in [3.05, 3.63) is 35.6 Å². The molecule has 0 N–H and O–H groups in total. The van der Waals surface area contributed by atoms with Crippen molar-refractivity contribution in [3.63, 3.8) is 0 Å². The van der Waals surface area contributed by atoms with E-state index in [4.69, 9.17) is 4.74 Å². The van der Waals surface area contributed by atoms with E-state index in [0.717, 1.165) is 38.1 Å². The van der Waals surface area contributed by atoms with Crippen LogP contribution in [0.1, 0.15) is 18.7 Å². The second-order valence-corrected chi connectivity index (χ2v) is 8.89. The number of thiazole rings is 1. The van der Waals surface area contributed by atoms with Crippen LogP contribution in [0.2, 0.25) is 0 Å². The Bertz CT molecular complexity index is 928. The van der Waals surface area contributed by atoms with Gasteiger partial charge in [0.25, 0.3) is 0 Å². The Balaban J connectivity index is 1.42. The van der Waals surface area contributed by atoms with Gasteiger partial charge >= 0.3 is 5.97 Å². The predicted molar refractivity (Wildman–Crippen MR) is 106 cm³/mol. The fourth-order valence-corrected chi connectivity index (χ4v) is 5.91. The Hall–Kier alpha value is -1.91. The molecule has 7 nitrogen and oxygen atoms in total. The maximum Gasteiger partial charge on any atom is 0.311 e. The smallest absolute Gasteiger partial charge is 0.311 e. The number of thioether (sulfide) groups is 2. The summed E-state index contributed by atoms with van der Waals surface area (Å²) in [5.41, 5.74) is 1.79. The molecular weight excluding hydrogens is 402 g/mol. The second-order valence-electron chi connectivity index (χ2n) is 5.77. The molecule has 27 heavy (non-hydrogen) atoms. The summed E-state index contributed by atoms with van der Waals surface area (Å²) < 4.78 is 8.15. The summed E-state index contributed by atoms with van der Waals surface area (Å²) in [5.74, 6) is 2.49. The van der Waals surface area contributed by atoms with Crippen LogP contribution in [0, 0.1) is 0 Å². The maximum atomic E-state index is 11.6. The minimum Gasteiger partial charge on any atom is -0.466 e. The summed E-state index contributed by atoms with van der Waals surface area (Å²) in [6.07, 6.45) is 3.76. The van der Waals surface area contributed by atoms with Gasteiger partial charge < -0.3 is 4.74 Å². The molecule has 3 aromatic rings. The van der Waals surface area contributed by atoms with Gasteiger partial charge in [0.05, 0.1) is 24.8 Å². The average molecular weight is 420 g/mol. The van der Waals surface area contributed by atoms with Gasteiger partial charge in [-0.1, -0.05) is 23.5 Å². The van der Waals surface area contributed by atoms with Crippen LogP contribution in [-0.2, 0) is 16.0 Å². The molecule has 4 heterocycles. The van der Waals surface area contributed by atoms with E-state index < -0.39 is 0 Å². The van der Waals surface area contributed by atoms with Gasteiger partial charge in [-0.2, -0.15) is 0 Å². The largest absolute Gasteiger partial charge is 0.466 e. The molecule has 140 valence electrons. The van der Waals surface area contributed by atoms with E-state index in [9.17, 15) is 4.79 Å². The van der Waals surface area contributed by atoms with Crippen LogP contribution < -0.4 is 0 Å². The highest BCUT2D eigenvalue weighted by Gasteiger charge is 2.28. The molecule has 1 atom stereocenters. The number of ether oxygens (including phenoxy) is 1. The lowest BCUT2D eigenvalue weighted by atomic mass is 10.2. The molecule has 0 saturated carbocycles. The van der Waals surface area contributed by atoms with Gasteiger partial charge in [0.15, 0.2) is 11.0 Å². The minimum absolute atomic E-state index is 0.228. The number of nitrogens with zero attached hydrogens (tertiary/aromatic N) is 5. The van der Waals surface area contributed by atoms with Crippen molar-refractivity contribution >= 4 is 40.8 Å². The van der Waals surface area contributed by atoms with Crippen molar-refractivity contribution in [1.29, 1.82) is 0 Å². The summed E-state index contributed by atoms with van der Waals surface area (Å²) in [4.78, 5) is 20.2. The third-order valence-corrected chi connectivity index (χ3v) is 7.24. The first-order chi connectivity index (χ1) is 13.2. The molecule has 0 radical (unpaired) electrons. The van der Waals surface area contributed by atoms with E-state index >= 15 is 0 Å². The van der Waals surface area contributed by atoms with Crippen LogP contribution >= 0.6 is 34.9 Å². The Kier molecular flexibility index (Phi) is 5.74. The number of aromatic nitrogens is 5. The van der Waals surface area contributed by atoms with Gasteiger partial charge in [0.2, 0.25) is 0 Å². The summed E-state index contributed by atoms with van der Waals surface area (Å²) >= 11 is 5.00. The van der Waals surface area contributed by atoms with E-state index in [1.807, 2.05) is 17.5 Å². The van der Waals surface area contributed by atoms with Crippen molar-refractivity contribution < 1.29 is 9.53 Å². The zero-order chi connectivity index (χ0) is 18.6. The lowest BCUT2D eigenvalue weighted by Crippen LogP contribution is -2.11. The number of fused-ring (bicyclic) bond motifs is 1. The monoisotopic (exact) mass is 419 g/mol. The number of carbonyl (C=O) groups excluding carboxylic acids is 1. The van der Waals surface area contributed by atoms with Crippen LogP contribution in [0.3, 0.4) is 0 Å². The zero-order valence-corrected chi connectivity index (χ0v) is 17.0. The predicted octanol–water partition coefficient (Wildman–Crippen LogP) is 3.34. The molecule has 0 aliphatic carbocycles. The number of hydrogen-bond acceptors (Lipinski definition) is 9. The van der Waals surface area contributed by atoms with Gasteiger partial charge in [-0.3, -0.25) is 14.3 Å². The van der Waals surface area contributed by atoms with Gasteiger partial charge in [-0.15, -0.1) is 21.5 Å². The van der Waals surface area contributed by atoms with Crippen LogP contribution in [0.4, 0.5) is 0 Å². The molecule has 4 rings (SSSR count). The van der Waals surface area contributed by atoms with Crippen molar-refractivity contribution in [2.24, 2.45) is 0 Å². The highest BCUT2D eigenvalue weighted by molar-refractivity contribution is 8.01. The average Bonchev–Trinajstić information content (AvgIpc) is 3.38. The number of pyridine rings is 1. The van der Waals surface area contributed by atoms with Gasteiger partial charge in [-0.25, -0.2) is 4.98 Å². The molecule has 0 unspecified atom stereocenters. The standard InChI is InChI=1S/C17H17N5O2S3/c1-2-24-14(23)7-12-8-26-17(19-12)27-10-13-9-25-16-21-20-15(22(13)16)11-3-5-18-6-4-11/h3-6,8,13H,2,7,9-10H2,1H3/t13-/m0/s1. The van der Waals surface area contributed by atoms with Gasteiger partial charge in [0, 0.05) is 34.8 Å². The van der Waals surface area contributed by atoms with Crippen LogP contribution in [0.15, 0.2) is 39.4 Å². The Labute approximate surface area is 169 Å². The normalized spacial score (nSPS) is 15.7. The zero-order valence-electron chi connectivity index (χ0n) is 14.6. The summed E-state index contributed by atoms with van der Waals surface area (Å²) in [6, 6.07) is 4.20. The van der Waals surface area contributed by atoms with Crippen molar-refractivity contribution in [1.82, 2.24) is 24.7 Å². The number of rotatable bonds is 7. The third-order valence-electron chi connectivity index (χ3n) is 3.93. The SMILES string of the molecule is CCOC(=O)Cc1csc(SC[C@@H]2CSc3nnc(-c4ccncc4)n32)n1. The lowest BCUT2D eigenvalue weighted by molar-refractivity contribution is -0.142. The Morgan fingerprint density at radius 3 is 3.04 bits per heavy atom. The minimum atomic E-state index is -0.234. The molecule has 0 bridgehead atoms. The van der Waals surface area contributed by atoms with E-state index in [2.05, 4.69) is 24.7 Å².